The van der Waals surface area contributed by atoms with Crippen molar-refractivity contribution in [2.24, 2.45) is 0 Å². The summed E-state index contributed by atoms with van der Waals surface area (Å²) in [6, 6.07) is 6.40. The van der Waals surface area contributed by atoms with Crippen molar-refractivity contribution in [2.45, 2.75) is 6.42 Å². The lowest BCUT2D eigenvalue weighted by Crippen LogP contribution is -2.14. The maximum absolute atomic E-state index is 13.1. The predicted octanol–water partition coefficient (Wildman–Crippen LogP) is 2.05. The molecule has 0 aliphatic heterocycles. The number of carbonyl (C=O) groups excluding carboxylic acids is 1. The van der Waals surface area contributed by atoms with Crippen molar-refractivity contribution in [3.05, 3.63) is 60.6 Å². The number of carbonyl (C=O) groups is 1. The SMILES string of the molecule is O=C(Cc1cn2cc(F)ccc2n1)Nc1cccnc1. The summed E-state index contributed by atoms with van der Waals surface area (Å²) in [6.07, 6.45) is 6.29. The number of imidazole rings is 1. The van der Waals surface area contributed by atoms with Crippen LogP contribution in [0.3, 0.4) is 0 Å². The standard InChI is InChI=1S/C14H11FN4O/c15-10-3-4-13-17-12(9-19(13)8-10)6-14(20)18-11-2-1-5-16-7-11/h1-5,7-9H,6H2,(H,18,20). The third kappa shape index (κ3) is 2.64. The number of anilines is 1. The van der Waals surface area contributed by atoms with E-state index in [0.29, 0.717) is 17.0 Å². The molecule has 3 aromatic heterocycles. The van der Waals surface area contributed by atoms with Crippen LogP contribution in [0, 0.1) is 5.82 Å². The second-order valence-electron chi connectivity index (χ2n) is 4.31. The van der Waals surface area contributed by atoms with Gasteiger partial charge in [-0.3, -0.25) is 9.78 Å². The van der Waals surface area contributed by atoms with Gasteiger partial charge in [0.25, 0.3) is 0 Å². The number of nitrogens with one attached hydrogen (secondary N) is 1. The summed E-state index contributed by atoms with van der Waals surface area (Å²) in [5, 5.41) is 2.72. The van der Waals surface area contributed by atoms with Gasteiger partial charge in [-0.2, -0.15) is 0 Å². The van der Waals surface area contributed by atoms with Crippen LogP contribution in [0.1, 0.15) is 5.69 Å². The molecule has 0 fully saturated rings. The molecule has 0 radical (unpaired) electrons. The molecule has 0 atom stereocenters. The summed E-state index contributed by atoms with van der Waals surface area (Å²) in [7, 11) is 0. The van der Waals surface area contributed by atoms with Gasteiger partial charge in [0.2, 0.25) is 5.91 Å². The van der Waals surface area contributed by atoms with Crippen molar-refractivity contribution in [3.8, 4) is 0 Å². The van der Waals surface area contributed by atoms with E-state index in [1.807, 2.05) is 0 Å². The summed E-state index contributed by atoms with van der Waals surface area (Å²) < 4.78 is 14.6. The first-order valence-electron chi connectivity index (χ1n) is 6.04. The number of rotatable bonds is 3. The third-order valence-electron chi connectivity index (χ3n) is 2.75. The maximum Gasteiger partial charge on any atom is 0.230 e. The Bertz CT molecular complexity index is 754. The van der Waals surface area contributed by atoms with Crippen LogP contribution in [0.15, 0.2) is 49.1 Å². The number of aromatic nitrogens is 3. The van der Waals surface area contributed by atoms with Gasteiger partial charge >= 0.3 is 0 Å². The fourth-order valence-electron chi connectivity index (χ4n) is 1.91. The molecule has 1 amide bonds. The van der Waals surface area contributed by atoms with Crippen molar-refractivity contribution in [1.29, 1.82) is 0 Å². The van der Waals surface area contributed by atoms with Crippen LogP contribution in [0.5, 0.6) is 0 Å². The van der Waals surface area contributed by atoms with Gasteiger partial charge in [0.1, 0.15) is 11.5 Å². The molecule has 0 spiro atoms. The normalized spacial score (nSPS) is 10.7. The highest BCUT2D eigenvalue weighted by Crippen LogP contribution is 2.09. The van der Waals surface area contributed by atoms with Gasteiger partial charge in [-0.25, -0.2) is 9.37 Å². The molecule has 5 nitrogen and oxygen atoms in total. The highest BCUT2D eigenvalue weighted by molar-refractivity contribution is 5.91. The summed E-state index contributed by atoms with van der Waals surface area (Å²) in [5.74, 6) is -0.539. The van der Waals surface area contributed by atoms with Crippen LogP contribution in [-0.2, 0) is 11.2 Å². The number of pyridine rings is 2. The number of nitrogens with zero attached hydrogens (tertiary/aromatic N) is 3. The van der Waals surface area contributed by atoms with Gasteiger partial charge in [-0.05, 0) is 24.3 Å². The number of hydrogen-bond donors (Lipinski definition) is 1. The van der Waals surface area contributed by atoms with E-state index in [4.69, 9.17) is 0 Å². The van der Waals surface area contributed by atoms with Crippen molar-refractivity contribution >= 4 is 17.2 Å². The minimum Gasteiger partial charge on any atom is -0.324 e. The number of fused-ring (bicyclic) bond motifs is 1. The Kier molecular flexibility index (Phi) is 3.12. The largest absolute Gasteiger partial charge is 0.324 e. The Balaban J connectivity index is 1.74. The monoisotopic (exact) mass is 270 g/mol. The van der Waals surface area contributed by atoms with E-state index in [0.717, 1.165) is 0 Å². The van der Waals surface area contributed by atoms with Crippen LogP contribution in [0.4, 0.5) is 10.1 Å². The van der Waals surface area contributed by atoms with Crippen LogP contribution in [0.2, 0.25) is 0 Å². The molecule has 100 valence electrons. The molecule has 1 N–H and O–H groups in total. The van der Waals surface area contributed by atoms with E-state index in [-0.39, 0.29) is 18.1 Å². The van der Waals surface area contributed by atoms with E-state index in [1.165, 1.54) is 12.3 Å². The topological polar surface area (TPSA) is 59.3 Å². The van der Waals surface area contributed by atoms with E-state index in [2.05, 4.69) is 15.3 Å². The second kappa shape index (κ2) is 5.08. The lowest BCUT2D eigenvalue weighted by atomic mass is 10.3. The minimum absolute atomic E-state index is 0.123. The molecule has 3 heterocycles. The van der Waals surface area contributed by atoms with Gasteiger partial charge < -0.3 is 9.72 Å². The molecule has 0 saturated carbocycles. The molecule has 0 saturated heterocycles. The van der Waals surface area contributed by atoms with Gasteiger partial charge in [0.05, 0.1) is 24.0 Å². The molecule has 0 aliphatic rings. The van der Waals surface area contributed by atoms with Crippen molar-refractivity contribution < 1.29 is 9.18 Å². The van der Waals surface area contributed by atoms with E-state index >= 15 is 0 Å². The number of hydrogen-bond acceptors (Lipinski definition) is 3. The van der Waals surface area contributed by atoms with Crippen LogP contribution < -0.4 is 5.32 Å². The molecule has 0 bridgehead atoms. The average molecular weight is 270 g/mol. The van der Waals surface area contributed by atoms with Crippen LogP contribution >= 0.6 is 0 Å². The smallest absolute Gasteiger partial charge is 0.230 e. The summed E-state index contributed by atoms with van der Waals surface area (Å²) in [6.45, 7) is 0. The second-order valence-corrected chi connectivity index (χ2v) is 4.31. The fraction of sp³-hybridized carbons (Fsp3) is 0.0714. The van der Waals surface area contributed by atoms with Crippen molar-refractivity contribution in [3.63, 3.8) is 0 Å². The summed E-state index contributed by atoms with van der Waals surface area (Å²) in [4.78, 5) is 20.0. The highest BCUT2D eigenvalue weighted by Gasteiger charge is 2.08. The molecular formula is C14H11FN4O. The quantitative estimate of drug-likeness (QED) is 0.792. The van der Waals surface area contributed by atoms with E-state index in [9.17, 15) is 9.18 Å². The fourth-order valence-corrected chi connectivity index (χ4v) is 1.91. The molecule has 0 unspecified atom stereocenters. The highest BCUT2D eigenvalue weighted by atomic mass is 19.1. The zero-order valence-electron chi connectivity index (χ0n) is 10.5. The number of amides is 1. The summed E-state index contributed by atoms with van der Waals surface area (Å²) >= 11 is 0. The first-order chi connectivity index (χ1) is 9.70. The van der Waals surface area contributed by atoms with Gasteiger partial charge in [0, 0.05) is 18.6 Å². The Labute approximate surface area is 114 Å². The Morgan fingerprint density at radius 3 is 3.00 bits per heavy atom. The maximum atomic E-state index is 13.1. The van der Waals surface area contributed by atoms with Gasteiger partial charge in [-0.1, -0.05) is 0 Å². The Morgan fingerprint density at radius 2 is 2.20 bits per heavy atom. The first-order valence-corrected chi connectivity index (χ1v) is 6.04. The zero-order valence-corrected chi connectivity index (χ0v) is 10.5. The van der Waals surface area contributed by atoms with E-state index in [1.54, 1.807) is 41.2 Å². The lowest BCUT2D eigenvalue weighted by molar-refractivity contribution is -0.115. The molecule has 0 aliphatic carbocycles. The molecule has 20 heavy (non-hydrogen) atoms. The molecular weight excluding hydrogens is 259 g/mol. The third-order valence-corrected chi connectivity index (χ3v) is 2.75. The van der Waals surface area contributed by atoms with Crippen molar-refractivity contribution in [2.75, 3.05) is 5.32 Å². The Morgan fingerprint density at radius 1 is 1.30 bits per heavy atom. The lowest BCUT2D eigenvalue weighted by Gasteiger charge is -2.02. The number of halogens is 1. The predicted molar refractivity (Wildman–Crippen MR) is 71.7 cm³/mol. The molecule has 3 aromatic rings. The first kappa shape index (κ1) is 12.3. The van der Waals surface area contributed by atoms with Gasteiger partial charge in [-0.15, -0.1) is 0 Å². The molecule has 6 heteroatoms. The minimum atomic E-state index is -0.346. The van der Waals surface area contributed by atoms with Crippen molar-refractivity contribution in [1.82, 2.24) is 14.4 Å². The van der Waals surface area contributed by atoms with Crippen LogP contribution in [0.25, 0.3) is 5.65 Å². The molecule has 0 aromatic carbocycles. The molecule has 3 rings (SSSR count). The Hall–Kier alpha value is -2.76. The average Bonchev–Trinajstić information content (AvgIpc) is 2.80. The van der Waals surface area contributed by atoms with Gasteiger partial charge in [0.15, 0.2) is 0 Å². The zero-order chi connectivity index (χ0) is 13.9. The summed E-state index contributed by atoms with van der Waals surface area (Å²) in [5.41, 5.74) is 1.82. The van der Waals surface area contributed by atoms with E-state index < -0.39 is 0 Å². The van der Waals surface area contributed by atoms with Crippen LogP contribution in [-0.4, -0.2) is 20.3 Å².